The molecule has 0 aromatic carbocycles. The van der Waals surface area contributed by atoms with Crippen LogP contribution in [0.5, 0.6) is 0 Å². The summed E-state index contributed by atoms with van der Waals surface area (Å²) in [6, 6.07) is 0.00269. The standard InChI is InChI=1S/C11H24FN3O2S/c1-4-13-11(14-8-5-7-12)15-10(2)6-9-18(3,16)17/h10H,4-9H2,1-3H3,(H2,13,14,15). The summed E-state index contributed by atoms with van der Waals surface area (Å²) in [6.07, 6.45) is 2.14. The minimum Gasteiger partial charge on any atom is -0.357 e. The first-order valence-electron chi connectivity index (χ1n) is 6.17. The molecular formula is C11H24FN3O2S. The number of hydrogen-bond donors (Lipinski definition) is 2. The van der Waals surface area contributed by atoms with Crippen LogP contribution in [0.25, 0.3) is 0 Å². The van der Waals surface area contributed by atoms with Crippen LogP contribution in [0.3, 0.4) is 0 Å². The molecule has 0 amide bonds. The Hall–Kier alpha value is -0.850. The molecule has 0 aromatic rings. The molecule has 0 saturated heterocycles. The Morgan fingerprint density at radius 3 is 2.61 bits per heavy atom. The number of halogens is 1. The van der Waals surface area contributed by atoms with Crippen molar-refractivity contribution in [2.24, 2.45) is 4.99 Å². The van der Waals surface area contributed by atoms with Crippen LogP contribution >= 0.6 is 0 Å². The highest BCUT2D eigenvalue weighted by molar-refractivity contribution is 7.90. The number of hydrogen-bond acceptors (Lipinski definition) is 3. The lowest BCUT2D eigenvalue weighted by atomic mass is 10.3. The van der Waals surface area contributed by atoms with Crippen LogP contribution in [0.1, 0.15) is 26.7 Å². The molecule has 0 saturated carbocycles. The zero-order chi connectivity index (χ0) is 14.0. The molecule has 0 fully saturated rings. The van der Waals surface area contributed by atoms with Gasteiger partial charge in [-0.05, 0) is 26.7 Å². The molecular weight excluding hydrogens is 257 g/mol. The van der Waals surface area contributed by atoms with E-state index in [0.717, 1.165) is 0 Å². The summed E-state index contributed by atoms with van der Waals surface area (Å²) < 4.78 is 34.1. The van der Waals surface area contributed by atoms with Crippen molar-refractivity contribution in [3.05, 3.63) is 0 Å². The van der Waals surface area contributed by atoms with Gasteiger partial charge in [-0.2, -0.15) is 0 Å². The van der Waals surface area contributed by atoms with E-state index < -0.39 is 9.84 Å². The summed E-state index contributed by atoms with van der Waals surface area (Å²) in [7, 11) is -2.94. The normalized spacial score (nSPS) is 14.3. The largest absolute Gasteiger partial charge is 0.357 e. The van der Waals surface area contributed by atoms with Gasteiger partial charge in [0.25, 0.3) is 0 Å². The molecule has 18 heavy (non-hydrogen) atoms. The Bertz CT molecular complexity index is 344. The average molecular weight is 281 g/mol. The fourth-order valence-corrected chi connectivity index (χ4v) is 2.05. The highest BCUT2D eigenvalue weighted by Gasteiger charge is 2.09. The summed E-state index contributed by atoms with van der Waals surface area (Å²) in [6.45, 7) is 4.58. The molecule has 7 heteroatoms. The predicted octanol–water partition coefficient (Wildman–Crippen LogP) is 0.724. The van der Waals surface area contributed by atoms with Gasteiger partial charge in [0.1, 0.15) is 9.84 Å². The number of guanidine groups is 1. The monoisotopic (exact) mass is 281 g/mol. The van der Waals surface area contributed by atoms with E-state index in [0.29, 0.717) is 31.9 Å². The molecule has 0 heterocycles. The molecule has 108 valence electrons. The van der Waals surface area contributed by atoms with E-state index >= 15 is 0 Å². The van der Waals surface area contributed by atoms with Crippen LogP contribution in [0.2, 0.25) is 0 Å². The van der Waals surface area contributed by atoms with Crippen molar-refractivity contribution >= 4 is 15.8 Å². The van der Waals surface area contributed by atoms with Crippen LogP contribution in [0, 0.1) is 0 Å². The SMILES string of the molecule is CCNC(=NCCCF)NC(C)CCS(C)(=O)=O. The number of aliphatic imine (C=N–C) groups is 1. The molecule has 0 aliphatic heterocycles. The van der Waals surface area contributed by atoms with Crippen LogP contribution in [-0.2, 0) is 9.84 Å². The third kappa shape index (κ3) is 10.3. The molecule has 0 aromatic heterocycles. The third-order valence-electron chi connectivity index (χ3n) is 2.21. The fraction of sp³-hybridized carbons (Fsp3) is 0.909. The molecule has 1 atom stereocenters. The molecule has 2 N–H and O–H groups in total. The highest BCUT2D eigenvalue weighted by Crippen LogP contribution is 1.95. The van der Waals surface area contributed by atoms with Gasteiger partial charge in [0.05, 0.1) is 12.4 Å². The number of alkyl halides is 1. The maximum Gasteiger partial charge on any atom is 0.191 e. The van der Waals surface area contributed by atoms with E-state index in [2.05, 4.69) is 15.6 Å². The van der Waals surface area contributed by atoms with Gasteiger partial charge in [-0.25, -0.2) is 8.42 Å². The van der Waals surface area contributed by atoms with Crippen molar-refractivity contribution in [2.45, 2.75) is 32.7 Å². The van der Waals surface area contributed by atoms with Gasteiger partial charge in [0.2, 0.25) is 0 Å². The number of sulfone groups is 1. The van der Waals surface area contributed by atoms with E-state index in [1.807, 2.05) is 13.8 Å². The first kappa shape index (κ1) is 17.2. The Morgan fingerprint density at radius 1 is 1.44 bits per heavy atom. The van der Waals surface area contributed by atoms with Crippen molar-refractivity contribution in [3.8, 4) is 0 Å². The number of nitrogens with zero attached hydrogens (tertiary/aromatic N) is 1. The minimum atomic E-state index is -2.94. The molecule has 0 aliphatic carbocycles. The van der Waals surface area contributed by atoms with Crippen molar-refractivity contribution < 1.29 is 12.8 Å². The van der Waals surface area contributed by atoms with Crippen LogP contribution in [-0.4, -0.2) is 52.2 Å². The predicted molar refractivity (Wildman–Crippen MR) is 73.5 cm³/mol. The van der Waals surface area contributed by atoms with Crippen LogP contribution in [0.15, 0.2) is 4.99 Å². The van der Waals surface area contributed by atoms with E-state index in [4.69, 9.17) is 0 Å². The highest BCUT2D eigenvalue weighted by atomic mass is 32.2. The second kappa shape index (κ2) is 9.13. The molecule has 0 spiro atoms. The summed E-state index contributed by atoms with van der Waals surface area (Å²) in [5, 5.41) is 6.14. The molecule has 0 rings (SSSR count). The maximum absolute atomic E-state index is 12.0. The van der Waals surface area contributed by atoms with Gasteiger partial charge in [-0.15, -0.1) is 0 Å². The van der Waals surface area contributed by atoms with E-state index in [1.54, 1.807) is 0 Å². The van der Waals surface area contributed by atoms with E-state index in [1.165, 1.54) is 6.26 Å². The van der Waals surface area contributed by atoms with Crippen molar-refractivity contribution in [1.82, 2.24) is 10.6 Å². The first-order valence-corrected chi connectivity index (χ1v) is 8.23. The molecule has 0 bridgehead atoms. The summed E-state index contributed by atoms with van der Waals surface area (Å²) in [5.74, 6) is 0.748. The number of rotatable bonds is 8. The lowest BCUT2D eigenvalue weighted by Crippen LogP contribution is -2.42. The Balaban J connectivity index is 4.18. The fourth-order valence-electron chi connectivity index (χ4n) is 1.27. The van der Waals surface area contributed by atoms with E-state index in [-0.39, 0.29) is 18.5 Å². The quantitative estimate of drug-likeness (QED) is 0.391. The number of nitrogens with one attached hydrogen (secondary N) is 2. The van der Waals surface area contributed by atoms with Crippen LogP contribution in [0.4, 0.5) is 4.39 Å². The Kier molecular flexibility index (Phi) is 8.70. The lowest BCUT2D eigenvalue weighted by molar-refractivity contribution is 0.477. The average Bonchev–Trinajstić information content (AvgIpc) is 2.26. The van der Waals surface area contributed by atoms with Gasteiger partial charge >= 0.3 is 0 Å². The Labute approximate surface area is 109 Å². The van der Waals surface area contributed by atoms with E-state index in [9.17, 15) is 12.8 Å². The van der Waals surface area contributed by atoms with Crippen molar-refractivity contribution in [2.75, 3.05) is 31.8 Å². The smallest absolute Gasteiger partial charge is 0.191 e. The molecule has 5 nitrogen and oxygen atoms in total. The summed E-state index contributed by atoms with van der Waals surface area (Å²) >= 11 is 0. The van der Waals surface area contributed by atoms with Crippen LogP contribution < -0.4 is 10.6 Å². The summed E-state index contributed by atoms with van der Waals surface area (Å²) in [5.41, 5.74) is 0. The van der Waals surface area contributed by atoms with Gasteiger partial charge in [-0.3, -0.25) is 9.38 Å². The Morgan fingerprint density at radius 2 is 2.11 bits per heavy atom. The van der Waals surface area contributed by atoms with Gasteiger partial charge in [0, 0.05) is 25.4 Å². The lowest BCUT2D eigenvalue weighted by Gasteiger charge is -2.17. The molecule has 1 unspecified atom stereocenters. The minimum absolute atomic E-state index is 0.00269. The second-order valence-electron chi connectivity index (χ2n) is 4.27. The summed E-state index contributed by atoms with van der Waals surface area (Å²) in [4.78, 5) is 4.19. The maximum atomic E-state index is 12.0. The van der Waals surface area contributed by atoms with Gasteiger partial charge in [0.15, 0.2) is 5.96 Å². The molecule has 0 radical (unpaired) electrons. The van der Waals surface area contributed by atoms with Crippen molar-refractivity contribution in [3.63, 3.8) is 0 Å². The van der Waals surface area contributed by atoms with Gasteiger partial charge in [-0.1, -0.05) is 0 Å². The van der Waals surface area contributed by atoms with Crippen molar-refractivity contribution in [1.29, 1.82) is 0 Å². The second-order valence-corrected chi connectivity index (χ2v) is 6.53. The topological polar surface area (TPSA) is 70.6 Å². The molecule has 0 aliphatic rings. The zero-order valence-corrected chi connectivity index (χ0v) is 12.2. The third-order valence-corrected chi connectivity index (χ3v) is 3.19. The zero-order valence-electron chi connectivity index (χ0n) is 11.4. The first-order chi connectivity index (χ1) is 8.39. The van der Waals surface area contributed by atoms with Gasteiger partial charge < -0.3 is 10.6 Å².